The van der Waals surface area contributed by atoms with Crippen LogP contribution in [-0.4, -0.2) is 18.6 Å². The zero-order valence-corrected chi connectivity index (χ0v) is 10.4. The molecular formula is C14H19NO2. The third-order valence-corrected chi connectivity index (χ3v) is 3.12. The first-order valence-corrected chi connectivity index (χ1v) is 6.24. The van der Waals surface area contributed by atoms with Crippen molar-refractivity contribution < 1.29 is 9.53 Å². The molecule has 1 saturated carbocycles. The van der Waals surface area contributed by atoms with Crippen LogP contribution in [0.15, 0.2) is 24.3 Å². The van der Waals surface area contributed by atoms with E-state index < -0.39 is 0 Å². The molecular weight excluding hydrogens is 214 g/mol. The molecule has 1 atom stereocenters. The summed E-state index contributed by atoms with van der Waals surface area (Å²) in [5.74, 6) is 1.49. The van der Waals surface area contributed by atoms with Gasteiger partial charge >= 0.3 is 0 Å². The molecule has 1 fully saturated rings. The minimum Gasteiger partial charge on any atom is -0.494 e. The van der Waals surface area contributed by atoms with Gasteiger partial charge in [0.2, 0.25) is 0 Å². The third-order valence-electron chi connectivity index (χ3n) is 3.12. The quantitative estimate of drug-likeness (QED) is 0.849. The van der Waals surface area contributed by atoms with E-state index in [0.29, 0.717) is 18.1 Å². The first kappa shape index (κ1) is 12.0. The molecule has 0 spiro atoms. The molecule has 1 aliphatic rings. The van der Waals surface area contributed by atoms with Crippen molar-refractivity contribution in [1.82, 2.24) is 5.32 Å². The highest BCUT2D eigenvalue weighted by Gasteiger charge is 2.28. The number of nitrogens with one attached hydrogen (secondary N) is 1. The van der Waals surface area contributed by atoms with Crippen LogP contribution in [0.3, 0.4) is 0 Å². The lowest BCUT2D eigenvalue weighted by molar-refractivity contribution is 0.0936. The fourth-order valence-electron chi connectivity index (χ4n) is 1.87. The van der Waals surface area contributed by atoms with Crippen molar-refractivity contribution in [3.8, 4) is 5.75 Å². The lowest BCUT2D eigenvalue weighted by Crippen LogP contribution is -2.33. The predicted octanol–water partition coefficient (Wildman–Crippen LogP) is 2.61. The van der Waals surface area contributed by atoms with Crippen LogP contribution in [0.5, 0.6) is 5.75 Å². The van der Waals surface area contributed by atoms with Crippen molar-refractivity contribution in [3.63, 3.8) is 0 Å². The molecule has 1 amide bonds. The zero-order chi connectivity index (χ0) is 12.3. The van der Waals surface area contributed by atoms with Gasteiger partial charge in [-0.2, -0.15) is 0 Å². The minimum absolute atomic E-state index is 0.00690. The average Bonchev–Trinajstić information content (AvgIpc) is 3.14. The van der Waals surface area contributed by atoms with Gasteiger partial charge in [0.15, 0.2) is 0 Å². The van der Waals surface area contributed by atoms with Crippen LogP contribution in [-0.2, 0) is 0 Å². The topological polar surface area (TPSA) is 38.3 Å². The Balaban J connectivity index is 1.93. The fraction of sp³-hybridized carbons (Fsp3) is 0.500. The second-order valence-electron chi connectivity index (χ2n) is 4.56. The van der Waals surface area contributed by atoms with Crippen molar-refractivity contribution >= 4 is 5.91 Å². The van der Waals surface area contributed by atoms with Gasteiger partial charge < -0.3 is 10.1 Å². The van der Waals surface area contributed by atoms with Gasteiger partial charge in [-0.1, -0.05) is 0 Å². The second kappa shape index (κ2) is 5.21. The Hall–Kier alpha value is -1.51. The largest absolute Gasteiger partial charge is 0.494 e. The van der Waals surface area contributed by atoms with E-state index in [1.165, 1.54) is 12.8 Å². The lowest BCUT2D eigenvalue weighted by atomic mass is 10.1. The molecule has 0 radical (unpaired) electrons. The van der Waals surface area contributed by atoms with Crippen LogP contribution in [0.25, 0.3) is 0 Å². The average molecular weight is 233 g/mol. The maximum Gasteiger partial charge on any atom is 0.251 e. The molecule has 3 nitrogen and oxygen atoms in total. The van der Waals surface area contributed by atoms with Crippen molar-refractivity contribution in [2.75, 3.05) is 6.61 Å². The number of benzene rings is 1. The molecule has 17 heavy (non-hydrogen) atoms. The highest BCUT2D eigenvalue weighted by atomic mass is 16.5. The van der Waals surface area contributed by atoms with Crippen LogP contribution in [0.1, 0.15) is 37.0 Å². The maximum absolute atomic E-state index is 11.9. The van der Waals surface area contributed by atoms with E-state index in [2.05, 4.69) is 12.2 Å². The highest BCUT2D eigenvalue weighted by molar-refractivity contribution is 5.94. The lowest BCUT2D eigenvalue weighted by Gasteiger charge is -2.12. The summed E-state index contributed by atoms with van der Waals surface area (Å²) in [6.07, 6.45) is 2.48. The van der Waals surface area contributed by atoms with E-state index in [1.807, 2.05) is 19.1 Å². The molecule has 1 aromatic carbocycles. The molecule has 1 aliphatic carbocycles. The van der Waals surface area contributed by atoms with Crippen LogP contribution >= 0.6 is 0 Å². The van der Waals surface area contributed by atoms with E-state index in [1.54, 1.807) is 12.1 Å². The summed E-state index contributed by atoms with van der Waals surface area (Å²) in [6, 6.07) is 7.56. The summed E-state index contributed by atoms with van der Waals surface area (Å²) in [5.41, 5.74) is 0.695. The number of hydrogen-bond donors (Lipinski definition) is 1. The van der Waals surface area contributed by atoms with E-state index in [9.17, 15) is 4.79 Å². The minimum atomic E-state index is 0.00690. The first-order valence-electron chi connectivity index (χ1n) is 6.24. The molecule has 0 heterocycles. The first-order chi connectivity index (χ1) is 8.20. The van der Waals surface area contributed by atoms with Gasteiger partial charge in [-0.3, -0.25) is 4.79 Å². The Kier molecular flexibility index (Phi) is 3.67. The molecule has 0 aliphatic heterocycles. The predicted molar refractivity (Wildman–Crippen MR) is 67.3 cm³/mol. The maximum atomic E-state index is 11.9. The monoisotopic (exact) mass is 233 g/mol. The second-order valence-corrected chi connectivity index (χ2v) is 4.56. The Morgan fingerprint density at radius 2 is 2.06 bits per heavy atom. The molecule has 2 rings (SSSR count). The van der Waals surface area contributed by atoms with E-state index in [4.69, 9.17) is 4.74 Å². The van der Waals surface area contributed by atoms with Gasteiger partial charge in [-0.05, 0) is 56.9 Å². The molecule has 0 saturated heterocycles. The summed E-state index contributed by atoms with van der Waals surface area (Å²) >= 11 is 0. The SMILES string of the molecule is CCOc1ccc(C(=O)NC(C)C2CC2)cc1. The van der Waals surface area contributed by atoms with Gasteiger partial charge in [0.25, 0.3) is 5.91 Å². The van der Waals surface area contributed by atoms with Crippen LogP contribution in [0.4, 0.5) is 0 Å². The van der Waals surface area contributed by atoms with E-state index >= 15 is 0 Å². The third kappa shape index (κ3) is 3.22. The van der Waals surface area contributed by atoms with Crippen molar-refractivity contribution in [2.24, 2.45) is 5.92 Å². The number of amides is 1. The fourth-order valence-corrected chi connectivity index (χ4v) is 1.87. The number of carbonyl (C=O) groups is 1. The smallest absolute Gasteiger partial charge is 0.251 e. The van der Waals surface area contributed by atoms with Crippen LogP contribution in [0.2, 0.25) is 0 Å². The Morgan fingerprint density at radius 3 is 2.59 bits per heavy atom. The van der Waals surface area contributed by atoms with Crippen LogP contribution in [0, 0.1) is 5.92 Å². The van der Waals surface area contributed by atoms with Crippen molar-refractivity contribution in [2.45, 2.75) is 32.7 Å². The van der Waals surface area contributed by atoms with E-state index in [-0.39, 0.29) is 11.9 Å². The molecule has 92 valence electrons. The molecule has 3 heteroatoms. The zero-order valence-electron chi connectivity index (χ0n) is 10.4. The van der Waals surface area contributed by atoms with Crippen molar-refractivity contribution in [1.29, 1.82) is 0 Å². The number of rotatable bonds is 5. The molecule has 1 aromatic rings. The van der Waals surface area contributed by atoms with Crippen LogP contribution < -0.4 is 10.1 Å². The van der Waals surface area contributed by atoms with Gasteiger partial charge in [-0.15, -0.1) is 0 Å². The Morgan fingerprint density at radius 1 is 1.41 bits per heavy atom. The normalized spacial score (nSPS) is 16.4. The van der Waals surface area contributed by atoms with Gasteiger partial charge in [0, 0.05) is 11.6 Å². The summed E-state index contributed by atoms with van der Waals surface area (Å²) in [5, 5.41) is 3.03. The Bertz CT molecular complexity index is 382. The summed E-state index contributed by atoms with van der Waals surface area (Å²) in [4.78, 5) is 11.9. The van der Waals surface area contributed by atoms with Gasteiger partial charge in [0.05, 0.1) is 6.61 Å². The van der Waals surface area contributed by atoms with Gasteiger partial charge in [0.1, 0.15) is 5.75 Å². The molecule has 1 unspecified atom stereocenters. The standard InChI is InChI=1S/C14H19NO2/c1-3-17-13-8-6-12(7-9-13)14(16)15-10(2)11-4-5-11/h6-11H,3-5H2,1-2H3,(H,15,16). The number of hydrogen-bond acceptors (Lipinski definition) is 2. The number of carbonyl (C=O) groups excluding carboxylic acids is 1. The molecule has 0 bridgehead atoms. The van der Waals surface area contributed by atoms with E-state index in [0.717, 1.165) is 5.75 Å². The van der Waals surface area contributed by atoms with Gasteiger partial charge in [-0.25, -0.2) is 0 Å². The Labute approximate surface area is 102 Å². The number of ether oxygens (including phenoxy) is 1. The van der Waals surface area contributed by atoms with Crippen molar-refractivity contribution in [3.05, 3.63) is 29.8 Å². The summed E-state index contributed by atoms with van der Waals surface area (Å²) in [7, 11) is 0. The summed E-state index contributed by atoms with van der Waals surface area (Å²) < 4.78 is 5.34. The highest BCUT2D eigenvalue weighted by Crippen LogP contribution is 2.32. The summed E-state index contributed by atoms with van der Waals surface area (Å²) in [6.45, 7) is 4.66. The molecule has 1 N–H and O–H groups in total. The molecule has 0 aromatic heterocycles.